The van der Waals surface area contributed by atoms with Gasteiger partial charge in [-0.25, -0.2) is 8.42 Å². The first kappa shape index (κ1) is 20.5. The highest BCUT2D eigenvalue weighted by Crippen LogP contribution is 2.24. The smallest absolute Gasteiger partial charge is 0.305 e. The van der Waals surface area contributed by atoms with Gasteiger partial charge in [-0.05, 0) is 33.3 Å². The van der Waals surface area contributed by atoms with Crippen molar-refractivity contribution >= 4 is 33.1 Å². The lowest BCUT2D eigenvalue weighted by Crippen LogP contribution is -2.50. The van der Waals surface area contributed by atoms with Crippen molar-refractivity contribution in [3.63, 3.8) is 0 Å². The van der Waals surface area contributed by atoms with Gasteiger partial charge in [0.2, 0.25) is 0 Å². The maximum Gasteiger partial charge on any atom is 0.305 e. The predicted molar refractivity (Wildman–Crippen MR) is 105 cm³/mol. The van der Waals surface area contributed by atoms with Gasteiger partial charge in [0.1, 0.15) is 5.69 Å². The molecule has 2 aromatic rings. The van der Waals surface area contributed by atoms with E-state index in [-0.39, 0.29) is 42.1 Å². The van der Waals surface area contributed by atoms with E-state index in [4.69, 9.17) is 0 Å². The number of nitrogens with zero attached hydrogens (tertiary/aromatic N) is 2. The molecule has 2 aromatic heterocycles. The van der Waals surface area contributed by atoms with E-state index in [1.165, 1.54) is 11.2 Å². The molecule has 0 atom stereocenters. The number of rotatable bonds is 4. The zero-order chi connectivity index (χ0) is 20.8. The third-order valence-corrected chi connectivity index (χ3v) is 8.37. The molecule has 1 fully saturated rings. The molecule has 0 radical (unpaired) electrons. The van der Waals surface area contributed by atoms with Crippen molar-refractivity contribution in [2.75, 3.05) is 26.2 Å². The summed E-state index contributed by atoms with van der Waals surface area (Å²) in [7, 11) is -3.78. The van der Waals surface area contributed by atoms with E-state index in [1.807, 2.05) is 0 Å². The molecule has 3 rings (SSSR count). The van der Waals surface area contributed by atoms with Crippen LogP contribution in [0.4, 0.5) is 0 Å². The number of H-pyrrole nitrogens is 2. The molecule has 152 valence electrons. The van der Waals surface area contributed by atoms with Gasteiger partial charge in [0, 0.05) is 43.1 Å². The Bertz CT molecular complexity index is 1100. The second-order valence-electron chi connectivity index (χ2n) is 6.80. The van der Waals surface area contributed by atoms with Gasteiger partial charge >= 0.3 is 4.87 Å². The van der Waals surface area contributed by atoms with Crippen LogP contribution in [0.15, 0.2) is 9.00 Å². The van der Waals surface area contributed by atoms with E-state index in [2.05, 4.69) is 9.97 Å². The molecular weight excluding hydrogens is 404 g/mol. The van der Waals surface area contributed by atoms with Crippen LogP contribution in [0.3, 0.4) is 0 Å². The maximum atomic E-state index is 12.9. The molecule has 1 aliphatic heterocycles. The summed E-state index contributed by atoms with van der Waals surface area (Å²) in [5.74, 6) is -0.366. The molecule has 3 heterocycles. The Morgan fingerprint density at radius 2 is 1.61 bits per heavy atom. The molecule has 11 heteroatoms. The highest BCUT2D eigenvalue weighted by molar-refractivity contribution is 7.91. The van der Waals surface area contributed by atoms with Crippen LogP contribution in [0.25, 0.3) is 0 Å². The summed E-state index contributed by atoms with van der Waals surface area (Å²) in [6.07, 6.45) is 0. The topological polar surface area (TPSA) is 123 Å². The minimum absolute atomic E-state index is 0.0132. The summed E-state index contributed by atoms with van der Waals surface area (Å²) < 4.78 is 26.9. The fourth-order valence-electron chi connectivity index (χ4n) is 3.54. The quantitative estimate of drug-likeness (QED) is 0.707. The first-order valence-electron chi connectivity index (χ1n) is 8.73. The highest BCUT2D eigenvalue weighted by atomic mass is 32.2. The van der Waals surface area contributed by atoms with Gasteiger partial charge in [0.25, 0.3) is 15.9 Å². The van der Waals surface area contributed by atoms with E-state index in [1.54, 1.807) is 25.7 Å². The van der Waals surface area contributed by atoms with E-state index in [0.29, 0.717) is 39.5 Å². The van der Waals surface area contributed by atoms with E-state index in [0.717, 1.165) is 0 Å². The number of nitrogens with one attached hydrogen (secondary N) is 2. The number of hydrogen-bond donors (Lipinski definition) is 2. The van der Waals surface area contributed by atoms with Crippen LogP contribution in [-0.2, 0) is 10.0 Å². The van der Waals surface area contributed by atoms with Crippen molar-refractivity contribution < 1.29 is 18.0 Å². The first-order valence-corrected chi connectivity index (χ1v) is 11.0. The number of Topliss-reactive ketones (excluding diaryl/α,β-unsaturated/α-hetero) is 1. The number of hydrogen-bond acceptors (Lipinski definition) is 6. The van der Waals surface area contributed by atoms with Crippen molar-refractivity contribution in [3.8, 4) is 0 Å². The minimum atomic E-state index is -3.78. The maximum absolute atomic E-state index is 12.9. The molecule has 1 saturated heterocycles. The molecule has 2 N–H and O–H groups in total. The minimum Gasteiger partial charge on any atom is -0.354 e. The number of piperazine rings is 1. The second kappa shape index (κ2) is 7.30. The van der Waals surface area contributed by atoms with Crippen LogP contribution in [0.5, 0.6) is 0 Å². The Morgan fingerprint density at radius 1 is 1.00 bits per heavy atom. The standard InChI is InChI=1S/C17H22N4O5S2/c1-9-13(12(4)22)10(2)18-14(9)15(23)20-5-7-21(8-6-20)28(25,26)16-11(3)19-17(24)27-16/h18H,5-8H2,1-4H3,(H,19,24). The molecular formula is C17H22N4O5S2. The lowest BCUT2D eigenvalue weighted by atomic mass is 10.1. The van der Waals surface area contributed by atoms with Crippen LogP contribution in [0.1, 0.15) is 44.7 Å². The van der Waals surface area contributed by atoms with Crippen molar-refractivity contribution in [1.82, 2.24) is 19.2 Å². The monoisotopic (exact) mass is 426 g/mol. The van der Waals surface area contributed by atoms with Crippen LogP contribution in [-0.4, -0.2) is 65.5 Å². The number of ketones is 1. The molecule has 1 amide bonds. The fourth-order valence-corrected chi connectivity index (χ4v) is 6.39. The Balaban J connectivity index is 1.76. The predicted octanol–water partition coefficient (Wildman–Crippen LogP) is 1.04. The number of sulfonamides is 1. The number of carbonyl (C=O) groups is 2. The molecule has 0 unspecified atom stereocenters. The van der Waals surface area contributed by atoms with Crippen molar-refractivity contribution in [3.05, 3.63) is 37.9 Å². The van der Waals surface area contributed by atoms with Gasteiger partial charge in [-0.2, -0.15) is 4.31 Å². The van der Waals surface area contributed by atoms with Crippen LogP contribution in [0.2, 0.25) is 0 Å². The molecule has 0 saturated carbocycles. The normalized spacial score (nSPS) is 15.8. The molecule has 9 nitrogen and oxygen atoms in total. The van der Waals surface area contributed by atoms with Gasteiger partial charge in [-0.15, -0.1) is 0 Å². The Labute approximate surface area is 166 Å². The average Bonchev–Trinajstić information content (AvgIpc) is 3.12. The Kier molecular flexibility index (Phi) is 5.34. The average molecular weight is 427 g/mol. The molecule has 0 spiro atoms. The largest absolute Gasteiger partial charge is 0.354 e. The molecule has 0 aliphatic carbocycles. The van der Waals surface area contributed by atoms with Gasteiger partial charge in [0.05, 0.1) is 0 Å². The van der Waals surface area contributed by atoms with Crippen LogP contribution < -0.4 is 4.87 Å². The van der Waals surface area contributed by atoms with Gasteiger partial charge < -0.3 is 14.9 Å². The summed E-state index contributed by atoms with van der Waals surface area (Å²) >= 11 is 0.670. The number of aromatic nitrogens is 2. The molecule has 0 bridgehead atoms. The molecule has 28 heavy (non-hydrogen) atoms. The van der Waals surface area contributed by atoms with E-state index >= 15 is 0 Å². The van der Waals surface area contributed by atoms with Gasteiger partial charge in [-0.1, -0.05) is 11.3 Å². The number of thiazole rings is 1. The highest BCUT2D eigenvalue weighted by Gasteiger charge is 2.34. The lowest BCUT2D eigenvalue weighted by molar-refractivity contribution is 0.0692. The zero-order valence-corrected chi connectivity index (χ0v) is 17.7. The van der Waals surface area contributed by atoms with Crippen molar-refractivity contribution in [2.24, 2.45) is 0 Å². The van der Waals surface area contributed by atoms with Crippen LogP contribution >= 0.6 is 11.3 Å². The van der Waals surface area contributed by atoms with Gasteiger partial charge in [0.15, 0.2) is 9.99 Å². The van der Waals surface area contributed by atoms with E-state index in [9.17, 15) is 22.8 Å². The summed E-state index contributed by atoms with van der Waals surface area (Å²) in [5.41, 5.74) is 2.45. The van der Waals surface area contributed by atoms with Crippen LogP contribution in [0, 0.1) is 20.8 Å². The Morgan fingerprint density at radius 3 is 2.07 bits per heavy atom. The SMILES string of the molecule is CC(=O)c1c(C)[nH]c(C(=O)N2CCN(S(=O)(=O)c3sc(=O)[nH]c3C)CC2)c1C. The number of aromatic amines is 2. The third kappa shape index (κ3) is 3.45. The Hall–Kier alpha value is -2.24. The summed E-state index contributed by atoms with van der Waals surface area (Å²) in [6, 6.07) is 0. The number of carbonyl (C=O) groups excluding carboxylic acids is 2. The molecule has 0 aromatic carbocycles. The fraction of sp³-hybridized carbons (Fsp3) is 0.471. The third-order valence-electron chi connectivity index (χ3n) is 4.88. The van der Waals surface area contributed by atoms with Crippen molar-refractivity contribution in [2.45, 2.75) is 31.9 Å². The lowest BCUT2D eigenvalue weighted by Gasteiger charge is -2.33. The number of amides is 1. The van der Waals surface area contributed by atoms with Gasteiger partial charge in [-0.3, -0.25) is 14.4 Å². The van der Waals surface area contributed by atoms with Crippen molar-refractivity contribution in [1.29, 1.82) is 0 Å². The zero-order valence-electron chi connectivity index (χ0n) is 16.1. The van der Waals surface area contributed by atoms with E-state index < -0.39 is 14.9 Å². The summed E-state index contributed by atoms with van der Waals surface area (Å²) in [4.78, 5) is 42.7. The summed E-state index contributed by atoms with van der Waals surface area (Å²) in [6.45, 7) is 7.20. The summed E-state index contributed by atoms with van der Waals surface area (Å²) in [5, 5.41) is 0. The second-order valence-corrected chi connectivity index (χ2v) is 9.92. The molecule has 1 aliphatic rings. The number of aryl methyl sites for hydroxylation is 2. The first-order chi connectivity index (χ1) is 13.0.